The number of carbonyl (C=O) groups is 2. The summed E-state index contributed by atoms with van der Waals surface area (Å²) in [6, 6.07) is 7.54. The summed E-state index contributed by atoms with van der Waals surface area (Å²) in [6.07, 6.45) is 2.55. The van der Waals surface area contributed by atoms with E-state index < -0.39 is 22.8 Å². The number of hydrogen-bond acceptors (Lipinski definition) is 6. The van der Waals surface area contributed by atoms with Crippen LogP contribution in [0.4, 0.5) is 0 Å². The number of aromatic hydroxyl groups is 2. The number of ketones is 1. The van der Waals surface area contributed by atoms with E-state index in [9.17, 15) is 19.8 Å². The number of benzene rings is 2. The van der Waals surface area contributed by atoms with Gasteiger partial charge in [0.1, 0.15) is 5.75 Å². The predicted molar refractivity (Wildman–Crippen MR) is 129 cm³/mol. The van der Waals surface area contributed by atoms with Gasteiger partial charge in [0.15, 0.2) is 22.9 Å². The van der Waals surface area contributed by atoms with E-state index in [1.165, 1.54) is 24.3 Å². The summed E-state index contributed by atoms with van der Waals surface area (Å²) >= 11 is 5.83. The van der Waals surface area contributed by atoms with Gasteiger partial charge in [-0.15, -0.1) is 0 Å². The average molecular weight is 475 g/mol. The summed E-state index contributed by atoms with van der Waals surface area (Å²) in [4.78, 5) is 25.0. The number of ether oxygens (including phenoxy) is 2. The van der Waals surface area contributed by atoms with E-state index >= 15 is 0 Å². The molecule has 2 rings (SSSR count). The van der Waals surface area contributed by atoms with Gasteiger partial charge in [0, 0.05) is 10.6 Å². The lowest BCUT2D eigenvalue weighted by atomic mass is 9.85. The number of allylic oxidation sites excluding steroid dienone is 1. The first kappa shape index (κ1) is 26.3. The fourth-order valence-corrected chi connectivity index (χ4v) is 3.19. The number of hydrogen-bond donors (Lipinski definition) is 2. The van der Waals surface area contributed by atoms with Crippen molar-refractivity contribution in [2.24, 2.45) is 0 Å². The van der Waals surface area contributed by atoms with Crippen LogP contribution in [0.1, 0.15) is 70.0 Å². The molecule has 0 spiro atoms. The van der Waals surface area contributed by atoms with Crippen molar-refractivity contribution in [2.75, 3.05) is 0 Å². The molecule has 0 saturated carbocycles. The van der Waals surface area contributed by atoms with Gasteiger partial charge in [-0.05, 0) is 75.1 Å². The summed E-state index contributed by atoms with van der Waals surface area (Å²) in [5, 5.41) is 21.2. The Labute approximate surface area is 199 Å². The topological polar surface area (TPSA) is 93.1 Å². The van der Waals surface area contributed by atoms with Crippen molar-refractivity contribution in [3.8, 4) is 17.2 Å². The number of halogens is 1. The summed E-state index contributed by atoms with van der Waals surface area (Å²) in [5.41, 5.74) is -0.548. The van der Waals surface area contributed by atoms with Gasteiger partial charge in [0.25, 0.3) is 0 Å². The molecule has 33 heavy (non-hydrogen) atoms. The molecule has 2 aromatic carbocycles. The molecule has 0 aromatic heterocycles. The average Bonchev–Trinajstić information content (AvgIpc) is 2.66. The highest BCUT2D eigenvalue weighted by Crippen LogP contribution is 2.40. The van der Waals surface area contributed by atoms with Crippen molar-refractivity contribution >= 4 is 29.4 Å². The zero-order valence-corrected chi connectivity index (χ0v) is 20.8. The molecule has 7 heteroatoms. The Hall–Kier alpha value is -2.99. The first-order valence-corrected chi connectivity index (χ1v) is 11.0. The minimum absolute atomic E-state index is 0.0910. The van der Waals surface area contributed by atoms with Gasteiger partial charge in [-0.3, -0.25) is 4.79 Å². The lowest BCUT2D eigenvalue weighted by molar-refractivity contribution is -0.163. The zero-order chi connectivity index (χ0) is 25.1. The largest absolute Gasteiger partial charge is 0.507 e. The Morgan fingerprint density at radius 2 is 1.67 bits per heavy atom. The van der Waals surface area contributed by atoms with Gasteiger partial charge < -0.3 is 19.7 Å². The van der Waals surface area contributed by atoms with Gasteiger partial charge in [-0.25, -0.2) is 4.79 Å². The minimum atomic E-state index is -1.36. The Morgan fingerprint density at radius 1 is 1.03 bits per heavy atom. The molecule has 0 radical (unpaired) electrons. The van der Waals surface area contributed by atoms with Crippen LogP contribution in [0.25, 0.3) is 6.08 Å². The van der Waals surface area contributed by atoms with Crippen LogP contribution >= 0.6 is 11.6 Å². The van der Waals surface area contributed by atoms with E-state index in [0.29, 0.717) is 16.1 Å². The Morgan fingerprint density at radius 3 is 2.21 bits per heavy atom. The highest BCUT2D eigenvalue weighted by atomic mass is 35.5. The second-order valence-electron chi connectivity index (χ2n) is 9.59. The molecule has 0 amide bonds. The van der Waals surface area contributed by atoms with Gasteiger partial charge in [-0.1, -0.05) is 38.4 Å². The fourth-order valence-electron chi connectivity index (χ4n) is 3.02. The summed E-state index contributed by atoms with van der Waals surface area (Å²) < 4.78 is 11.2. The molecular weight excluding hydrogens is 444 g/mol. The van der Waals surface area contributed by atoms with Crippen molar-refractivity contribution < 1.29 is 29.3 Å². The van der Waals surface area contributed by atoms with Crippen LogP contribution in [0.5, 0.6) is 17.2 Å². The van der Waals surface area contributed by atoms with E-state index in [4.69, 9.17) is 21.1 Å². The van der Waals surface area contributed by atoms with E-state index in [-0.39, 0.29) is 28.9 Å². The number of phenolic OH excluding ortho intramolecular Hbond substituents is 2. The standard InChI is InChI=1S/C26H31ClO6/c1-15(2)32-24(31)26(6,7)33-22-13-16(12-19(23(22)30)25(3,4)5)8-11-20(28)18-10-9-17(27)14-21(18)29/h8-15,29-30H,1-7H3. The maximum atomic E-state index is 12.6. The smallest absolute Gasteiger partial charge is 0.350 e. The van der Waals surface area contributed by atoms with Crippen LogP contribution in [0.2, 0.25) is 5.02 Å². The lowest BCUT2D eigenvalue weighted by Crippen LogP contribution is -2.41. The highest BCUT2D eigenvalue weighted by molar-refractivity contribution is 6.31. The third kappa shape index (κ3) is 6.75. The fraction of sp³-hybridized carbons (Fsp3) is 0.385. The number of phenols is 2. The van der Waals surface area contributed by atoms with Crippen molar-refractivity contribution in [2.45, 2.75) is 65.6 Å². The summed E-state index contributed by atoms with van der Waals surface area (Å²) in [6.45, 7) is 12.4. The molecule has 0 unspecified atom stereocenters. The van der Waals surface area contributed by atoms with E-state index in [1.54, 1.807) is 45.9 Å². The zero-order valence-electron chi connectivity index (χ0n) is 20.0. The molecule has 0 aliphatic heterocycles. The maximum absolute atomic E-state index is 12.6. The molecule has 2 aromatic rings. The first-order valence-electron chi connectivity index (χ1n) is 10.6. The Balaban J connectivity index is 2.46. The molecule has 0 atom stereocenters. The molecule has 0 aliphatic carbocycles. The second-order valence-corrected chi connectivity index (χ2v) is 10.0. The molecule has 0 fully saturated rings. The predicted octanol–water partition coefficient (Wildman–Crippen LogP) is 6.05. The molecule has 0 bridgehead atoms. The van der Waals surface area contributed by atoms with E-state index in [1.807, 2.05) is 20.8 Å². The monoisotopic (exact) mass is 474 g/mol. The molecular formula is C26H31ClO6. The molecule has 178 valence electrons. The van der Waals surface area contributed by atoms with Crippen molar-refractivity contribution in [3.63, 3.8) is 0 Å². The van der Waals surface area contributed by atoms with Gasteiger partial charge >= 0.3 is 5.97 Å². The van der Waals surface area contributed by atoms with Gasteiger partial charge in [0.05, 0.1) is 11.7 Å². The molecule has 2 N–H and O–H groups in total. The Bertz CT molecular complexity index is 1080. The second kappa shape index (κ2) is 9.87. The first-order chi connectivity index (χ1) is 15.1. The molecule has 6 nitrogen and oxygen atoms in total. The van der Waals surface area contributed by atoms with Gasteiger partial charge in [-0.2, -0.15) is 0 Å². The van der Waals surface area contributed by atoms with E-state index in [0.717, 1.165) is 0 Å². The third-order valence-corrected chi connectivity index (χ3v) is 4.99. The minimum Gasteiger partial charge on any atom is -0.507 e. The maximum Gasteiger partial charge on any atom is 0.350 e. The Kier molecular flexibility index (Phi) is 7.86. The van der Waals surface area contributed by atoms with Gasteiger partial charge in [0.2, 0.25) is 0 Å². The highest BCUT2D eigenvalue weighted by Gasteiger charge is 2.34. The van der Waals surface area contributed by atoms with Crippen LogP contribution in [0.3, 0.4) is 0 Å². The summed E-state index contributed by atoms with van der Waals surface area (Å²) in [5.74, 6) is -1.20. The third-order valence-electron chi connectivity index (χ3n) is 4.76. The normalized spacial score (nSPS) is 12.3. The van der Waals surface area contributed by atoms with Crippen molar-refractivity contribution in [1.82, 2.24) is 0 Å². The number of esters is 1. The van der Waals surface area contributed by atoms with Crippen LogP contribution in [0, 0.1) is 0 Å². The van der Waals surface area contributed by atoms with Crippen LogP contribution in [0.15, 0.2) is 36.4 Å². The van der Waals surface area contributed by atoms with Crippen LogP contribution < -0.4 is 4.74 Å². The van der Waals surface area contributed by atoms with Crippen LogP contribution in [-0.4, -0.2) is 33.7 Å². The van der Waals surface area contributed by atoms with Crippen molar-refractivity contribution in [3.05, 3.63) is 58.1 Å². The SMILES string of the molecule is CC(C)OC(=O)C(C)(C)Oc1cc(C=CC(=O)c2ccc(Cl)cc2O)cc(C(C)(C)C)c1O. The van der Waals surface area contributed by atoms with E-state index in [2.05, 4.69) is 0 Å². The van der Waals surface area contributed by atoms with Crippen LogP contribution in [-0.2, 0) is 14.9 Å². The quantitative estimate of drug-likeness (QED) is 0.288. The lowest BCUT2D eigenvalue weighted by Gasteiger charge is -2.28. The number of rotatable bonds is 7. The van der Waals surface area contributed by atoms with Crippen molar-refractivity contribution in [1.29, 1.82) is 0 Å². The molecule has 0 aliphatic rings. The molecule has 0 heterocycles. The number of carbonyl (C=O) groups excluding carboxylic acids is 2. The molecule has 0 saturated heterocycles. The summed E-state index contributed by atoms with van der Waals surface area (Å²) in [7, 11) is 0.